The predicted molar refractivity (Wildman–Crippen MR) is 95.7 cm³/mol. The molecule has 0 bridgehead atoms. The molecule has 0 atom stereocenters. The Balaban J connectivity index is 1.87. The van der Waals surface area contributed by atoms with Gasteiger partial charge in [-0.1, -0.05) is 53.5 Å². The summed E-state index contributed by atoms with van der Waals surface area (Å²) < 4.78 is 2.09. The van der Waals surface area contributed by atoms with Crippen molar-refractivity contribution in [1.29, 1.82) is 0 Å². The van der Waals surface area contributed by atoms with E-state index in [1.165, 1.54) is 5.56 Å². The van der Waals surface area contributed by atoms with Crippen LogP contribution in [0.4, 0.5) is 0 Å². The Kier molecular flexibility index (Phi) is 5.01. The highest BCUT2D eigenvalue weighted by molar-refractivity contribution is 6.36. The van der Waals surface area contributed by atoms with Crippen molar-refractivity contribution in [3.05, 3.63) is 76.2 Å². The first-order valence-electron chi connectivity index (χ1n) is 7.42. The summed E-state index contributed by atoms with van der Waals surface area (Å²) >= 11 is 12.3. The molecule has 0 unspecified atom stereocenters. The van der Waals surface area contributed by atoms with Gasteiger partial charge in [0.25, 0.3) is 0 Å². The summed E-state index contributed by atoms with van der Waals surface area (Å²) in [6.07, 6.45) is 2.75. The molecule has 2 N–H and O–H groups in total. The van der Waals surface area contributed by atoms with E-state index in [4.69, 9.17) is 28.9 Å². The minimum Gasteiger partial charge on any atom is -0.333 e. The van der Waals surface area contributed by atoms with Crippen LogP contribution in [0, 0.1) is 0 Å². The molecule has 2 aromatic carbocycles. The topological polar surface area (TPSA) is 43.8 Å². The van der Waals surface area contributed by atoms with Gasteiger partial charge in [0.2, 0.25) is 0 Å². The van der Waals surface area contributed by atoms with Crippen molar-refractivity contribution in [2.45, 2.75) is 19.5 Å². The predicted octanol–water partition coefficient (Wildman–Crippen LogP) is 4.56. The van der Waals surface area contributed by atoms with Crippen molar-refractivity contribution in [3.8, 4) is 11.3 Å². The lowest BCUT2D eigenvalue weighted by molar-refractivity contribution is 0.661. The summed E-state index contributed by atoms with van der Waals surface area (Å²) in [5.74, 6) is 0. The normalized spacial score (nSPS) is 10.9. The number of imidazole rings is 1. The molecular weight excluding hydrogens is 329 g/mol. The Morgan fingerprint density at radius 3 is 2.52 bits per heavy atom. The Morgan fingerprint density at radius 1 is 1.04 bits per heavy atom. The second kappa shape index (κ2) is 7.18. The fourth-order valence-corrected chi connectivity index (χ4v) is 3.11. The minimum absolute atomic E-state index is 0.406. The zero-order valence-electron chi connectivity index (χ0n) is 12.5. The second-order valence-corrected chi connectivity index (χ2v) is 6.14. The fourth-order valence-electron chi connectivity index (χ4n) is 2.62. The van der Waals surface area contributed by atoms with E-state index in [9.17, 15) is 0 Å². The van der Waals surface area contributed by atoms with Crippen LogP contribution < -0.4 is 5.73 Å². The first kappa shape index (κ1) is 16.1. The van der Waals surface area contributed by atoms with Crippen LogP contribution in [0.1, 0.15) is 11.3 Å². The van der Waals surface area contributed by atoms with E-state index in [1.54, 1.807) is 6.07 Å². The number of nitrogens with zero attached hydrogens (tertiary/aromatic N) is 2. The molecule has 3 nitrogen and oxygen atoms in total. The van der Waals surface area contributed by atoms with Gasteiger partial charge in [-0.25, -0.2) is 4.98 Å². The molecule has 5 heteroatoms. The van der Waals surface area contributed by atoms with Crippen molar-refractivity contribution in [3.63, 3.8) is 0 Å². The average molecular weight is 346 g/mol. The number of hydrogen-bond donors (Lipinski definition) is 1. The lowest BCUT2D eigenvalue weighted by atomic mass is 10.1. The summed E-state index contributed by atoms with van der Waals surface area (Å²) in [4.78, 5) is 4.52. The quantitative estimate of drug-likeness (QED) is 0.736. The molecule has 1 heterocycles. The summed E-state index contributed by atoms with van der Waals surface area (Å²) in [5.41, 5.74) is 9.89. The molecule has 0 spiro atoms. The molecular formula is C18H17Cl2N3. The van der Waals surface area contributed by atoms with Gasteiger partial charge in [0, 0.05) is 23.7 Å². The largest absolute Gasteiger partial charge is 0.333 e. The van der Waals surface area contributed by atoms with E-state index < -0.39 is 0 Å². The number of hydrogen-bond acceptors (Lipinski definition) is 2. The molecule has 23 heavy (non-hydrogen) atoms. The molecule has 3 aromatic rings. The maximum atomic E-state index is 6.30. The van der Waals surface area contributed by atoms with Gasteiger partial charge in [0.05, 0.1) is 22.7 Å². The SMILES string of the molecule is NCc1c(-c2ccc(Cl)cc2Cl)ncn1CCc1ccccc1. The highest BCUT2D eigenvalue weighted by atomic mass is 35.5. The van der Waals surface area contributed by atoms with Crippen LogP contribution in [0.25, 0.3) is 11.3 Å². The van der Waals surface area contributed by atoms with Crippen molar-refractivity contribution < 1.29 is 0 Å². The van der Waals surface area contributed by atoms with Crippen LogP contribution in [0.5, 0.6) is 0 Å². The van der Waals surface area contributed by atoms with Gasteiger partial charge in [0.1, 0.15) is 0 Å². The van der Waals surface area contributed by atoms with Crippen LogP contribution in [0.15, 0.2) is 54.9 Å². The van der Waals surface area contributed by atoms with E-state index >= 15 is 0 Å². The van der Waals surface area contributed by atoms with Gasteiger partial charge in [-0.15, -0.1) is 0 Å². The summed E-state index contributed by atoms with van der Waals surface area (Å²) in [6, 6.07) is 15.8. The second-order valence-electron chi connectivity index (χ2n) is 5.30. The average Bonchev–Trinajstić information content (AvgIpc) is 2.96. The lowest BCUT2D eigenvalue weighted by Gasteiger charge is -2.09. The number of aromatic nitrogens is 2. The zero-order chi connectivity index (χ0) is 16.2. The number of benzene rings is 2. The maximum Gasteiger partial charge on any atom is 0.0956 e. The molecule has 118 valence electrons. The molecule has 1 aromatic heterocycles. The standard InChI is InChI=1S/C18H17Cl2N3/c19-14-6-7-15(16(20)10-14)18-17(11-21)23(12-22-18)9-8-13-4-2-1-3-5-13/h1-7,10,12H,8-9,11,21H2. The van der Waals surface area contributed by atoms with E-state index in [-0.39, 0.29) is 0 Å². The van der Waals surface area contributed by atoms with Crippen LogP contribution in [-0.2, 0) is 19.5 Å². The third-order valence-corrected chi connectivity index (χ3v) is 4.36. The molecule has 0 aliphatic heterocycles. The van der Waals surface area contributed by atoms with Crippen LogP contribution in [0.3, 0.4) is 0 Å². The first-order chi connectivity index (χ1) is 11.2. The van der Waals surface area contributed by atoms with Crippen molar-refractivity contribution in [1.82, 2.24) is 9.55 Å². The van der Waals surface area contributed by atoms with E-state index in [1.807, 2.05) is 36.7 Å². The van der Waals surface area contributed by atoms with Gasteiger partial charge in [-0.2, -0.15) is 0 Å². The van der Waals surface area contributed by atoms with Crippen LogP contribution in [-0.4, -0.2) is 9.55 Å². The molecule has 3 rings (SSSR count). The van der Waals surface area contributed by atoms with Gasteiger partial charge >= 0.3 is 0 Å². The Labute approximate surface area is 145 Å². The first-order valence-corrected chi connectivity index (χ1v) is 8.18. The highest BCUT2D eigenvalue weighted by Gasteiger charge is 2.14. The lowest BCUT2D eigenvalue weighted by Crippen LogP contribution is -2.09. The highest BCUT2D eigenvalue weighted by Crippen LogP contribution is 2.31. The molecule has 0 radical (unpaired) electrons. The summed E-state index contributed by atoms with van der Waals surface area (Å²) in [6.45, 7) is 1.23. The van der Waals surface area contributed by atoms with Gasteiger partial charge in [0.15, 0.2) is 0 Å². The Bertz CT molecular complexity index is 797. The third-order valence-electron chi connectivity index (χ3n) is 3.81. The molecule has 0 amide bonds. The number of rotatable bonds is 5. The van der Waals surface area contributed by atoms with E-state index in [0.29, 0.717) is 16.6 Å². The summed E-state index contributed by atoms with van der Waals surface area (Å²) in [7, 11) is 0. The summed E-state index contributed by atoms with van der Waals surface area (Å²) in [5, 5.41) is 1.19. The van der Waals surface area contributed by atoms with E-state index in [0.717, 1.165) is 29.9 Å². The van der Waals surface area contributed by atoms with E-state index in [2.05, 4.69) is 21.7 Å². The molecule has 0 aliphatic carbocycles. The van der Waals surface area contributed by atoms with Gasteiger partial charge < -0.3 is 10.3 Å². The molecule has 0 aliphatic rings. The molecule has 0 saturated carbocycles. The van der Waals surface area contributed by atoms with Crippen molar-refractivity contribution >= 4 is 23.2 Å². The maximum absolute atomic E-state index is 6.30. The van der Waals surface area contributed by atoms with Gasteiger partial charge in [-0.3, -0.25) is 0 Å². The molecule has 0 fully saturated rings. The fraction of sp³-hybridized carbons (Fsp3) is 0.167. The zero-order valence-corrected chi connectivity index (χ0v) is 14.1. The van der Waals surface area contributed by atoms with Crippen LogP contribution in [0.2, 0.25) is 10.0 Å². The van der Waals surface area contributed by atoms with Gasteiger partial charge in [-0.05, 0) is 30.2 Å². The number of halogens is 2. The Hall–Kier alpha value is -1.81. The third kappa shape index (κ3) is 3.58. The Morgan fingerprint density at radius 2 is 1.83 bits per heavy atom. The number of nitrogens with two attached hydrogens (primary N) is 1. The number of aryl methyl sites for hydroxylation is 2. The molecule has 0 saturated heterocycles. The van der Waals surface area contributed by atoms with Crippen molar-refractivity contribution in [2.75, 3.05) is 0 Å². The van der Waals surface area contributed by atoms with Crippen LogP contribution >= 0.6 is 23.2 Å². The van der Waals surface area contributed by atoms with Crippen molar-refractivity contribution in [2.24, 2.45) is 5.73 Å². The monoisotopic (exact) mass is 345 g/mol. The smallest absolute Gasteiger partial charge is 0.0956 e. The minimum atomic E-state index is 0.406.